The molecular formula is C24H28N4O4S2. The minimum atomic E-state index is -0.396. The molecular weight excluding hydrogens is 472 g/mol. The first-order valence-electron chi connectivity index (χ1n) is 11.2. The molecule has 1 atom stereocenters. The number of carbonyl (C=O) groups excluding carboxylic acids is 2. The van der Waals surface area contributed by atoms with Crippen molar-refractivity contribution in [3.63, 3.8) is 0 Å². The fraction of sp³-hybridized carbons (Fsp3) is 0.417. The number of nitrogens with one attached hydrogen (secondary N) is 1. The molecule has 0 radical (unpaired) electrons. The van der Waals surface area contributed by atoms with Gasteiger partial charge >= 0.3 is 5.97 Å². The Morgan fingerprint density at radius 2 is 1.94 bits per heavy atom. The molecule has 1 aromatic carbocycles. The van der Waals surface area contributed by atoms with Crippen molar-refractivity contribution >= 4 is 40.0 Å². The van der Waals surface area contributed by atoms with Crippen LogP contribution in [-0.4, -0.2) is 39.5 Å². The van der Waals surface area contributed by atoms with Crippen LogP contribution in [0.2, 0.25) is 0 Å². The summed E-state index contributed by atoms with van der Waals surface area (Å²) in [5.41, 5.74) is 1.54. The number of hydrogen-bond acceptors (Lipinski definition) is 8. The molecule has 2 heterocycles. The topological polar surface area (TPSA) is 95.3 Å². The lowest BCUT2D eigenvalue weighted by atomic mass is 10.1. The first-order valence-corrected chi connectivity index (χ1v) is 13.0. The van der Waals surface area contributed by atoms with Crippen molar-refractivity contribution < 1.29 is 19.1 Å². The van der Waals surface area contributed by atoms with E-state index in [4.69, 9.17) is 9.47 Å². The van der Waals surface area contributed by atoms with Crippen molar-refractivity contribution in [3.8, 4) is 5.75 Å². The molecule has 1 aliphatic rings. The van der Waals surface area contributed by atoms with Gasteiger partial charge in [0, 0.05) is 11.9 Å². The van der Waals surface area contributed by atoms with Crippen LogP contribution < -0.4 is 10.1 Å². The standard InChI is InChI=1S/C24H28N4O4S2/c1-15(32-16-10-6-4-7-11-16)21-26-27-24(28(21)2)33-14-19(29)25-22-20(23(30)31-3)17-12-8-5-9-13-18(17)34-22/h4,6-7,10-11,15H,5,8-9,12-14H2,1-3H3,(H,25,29). The van der Waals surface area contributed by atoms with Crippen molar-refractivity contribution in [2.45, 2.75) is 50.3 Å². The van der Waals surface area contributed by atoms with Crippen LogP contribution >= 0.6 is 23.1 Å². The minimum absolute atomic E-state index is 0.142. The molecule has 1 aliphatic carbocycles. The lowest BCUT2D eigenvalue weighted by Crippen LogP contribution is -2.17. The molecule has 0 saturated carbocycles. The first kappa shape index (κ1) is 24.3. The number of aromatic nitrogens is 3. The zero-order valence-corrected chi connectivity index (χ0v) is 21.1. The van der Waals surface area contributed by atoms with E-state index in [2.05, 4.69) is 15.5 Å². The van der Waals surface area contributed by atoms with Crippen LogP contribution in [0.15, 0.2) is 35.5 Å². The number of ether oxygens (including phenoxy) is 2. The summed E-state index contributed by atoms with van der Waals surface area (Å²) in [6, 6.07) is 9.53. The number of esters is 1. The van der Waals surface area contributed by atoms with Gasteiger partial charge in [0.2, 0.25) is 5.91 Å². The number of para-hydroxylation sites is 1. The highest BCUT2D eigenvalue weighted by Crippen LogP contribution is 2.38. The van der Waals surface area contributed by atoms with Gasteiger partial charge in [0.1, 0.15) is 10.8 Å². The van der Waals surface area contributed by atoms with E-state index in [1.807, 2.05) is 48.9 Å². The Hall–Kier alpha value is -2.85. The van der Waals surface area contributed by atoms with Gasteiger partial charge in [-0.2, -0.15) is 0 Å². The maximum absolute atomic E-state index is 12.8. The molecule has 34 heavy (non-hydrogen) atoms. The molecule has 4 rings (SSSR count). The molecule has 0 spiro atoms. The Morgan fingerprint density at radius 1 is 1.18 bits per heavy atom. The van der Waals surface area contributed by atoms with Gasteiger partial charge in [-0.25, -0.2) is 4.79 Å². The number of thioether (sulfide) groups is 1. The SMILES string of the molecule is COC(=O)c1c(NC(=O)CSc2nnc(C(C)Oc3ccccc3)n2C)sc2c1CCCCC2. The van der Waals surface area contributed by atoms with Gasteiger partial charge in [-0.3, -0.25) is 4.79 Å². The number of thiophene rings is 1. The molecule has 1 amide bonds. The predicted molar refractivity (Wildman–Crippen MR) is 133 cm³/mol. The lowest BCUT2D eigenvalue weighted by molar-refractivity contribution is -0.113. The van der Waals surface area contributed by atoms with Gasteiger partial charge < -0.3 is 19.4 Å². The third-order valence-electron chi connectivity index (χ3n) is 5.68. The molecule has 2 aromatic heterocycles. The van der Waals surface area contributed by atoms with E-state index in [1.165, 1.54) is 35.1 Å². The van der Waals surface area contributed by atoms with E-state index >= 15 is 0 Å². The van der Waals surface area contributed by atoms with Crippen LogP contribution in [0, 0.1) is 0 Å². The van der Waals surface area contributed by atoms with Crippen LogP contribution in [0.5, 0.6) is 5.75 Å². The van der Waals surface area contributed by atoms with Gasteiger partial charge in [-0.15, -0.1) is 21.5 Å². The molecule has 3 aromatic rings. The zero-order valence-electron chi connectivity index (χ0n) is 19.5. The second-order valence-corrected chi connectivity index (χ2v) is 10.1. The molecule has 10 heteroatoms. The Balaban J connectivity index is 1.41. The fourth-order valence-electron chi connectivity index (χ4n) is 4.00. The third kappa shape index (κ3) is 5.44. The van der Waals surface area contributed by atoms with Gasteiger partial charge in [-0.1, -0.05) is 36.4 Å². The number of carbonyl (C=O) groups is 2. The summed E-state index contributed by atoms with van der Waals surface area (Å²) in [5, 5.41) is 12.6. The molecule has 0 bridgehead atoms. The summed E-state index contributed by atoms with van der Waals surface area (Å²) >= 11 is 2.78. The number of benzene rings is 1. The average molecular weight is 501 g/mol. The molecule has 1 N–H and O–H groups in total. The third-order valence-corrected chi connectivity index (χ3v) is 7.91. The summed E-state index contributed by atoms with van der Waals surface area (Å²) < 4.78 is 12.8. The summed E-state index contributed by atoms with van der Waals surface area (Å²) in [6.07, 6.45) is 4.75. The first-order chi connectivity index (χ1) is 16.5. The lowest BCUT2D eigenvalue weighted by Gasteiger charge is -2.14. The van der Waals surface area contributed by atoms with Crippen molar-refractivity contribution in [2.75, 3.05) is 18.2 Å². The summed E-state index contributed by atoms with van der Waals surface area (Å²) in [4.78, 5) is 26.4. The molecule has 0 aliphatic heterocycles. The van der Waals surface area contributed by atoms with Crippen molar-refractivity contribution in [1.29, 1.82) is 0 Å². The Bertz CT molecular complexity index is 1160. The molecule has 1 unspecified atom stereocenters. The Labute approximate surface area is 207 Å². The van der Waals surface area contributed by atoms with Crippen LogP contribution in [-0.2, 0) is 29.4 Å². The second kappa shape index (κ2) is 11.1. The van der Waals surface area contributed by atoms with Gasteiger partial charge in [0.25, 0.3) is 0 Å². The number of rotatable bonds is 8. The number of fused-ring (bicyclic) bond motifs is 1. The van der Waals surface area contributed by atoms with E-state index in [0.717, 1.165) is 43.4 Å². The number of aryl methyl sites for hydroxylation is 1. The van der Waals surface area contributed by atoms with E-state index in [9.17, 15) is 9.59 Å². The normalized spacial score (nSPS) is 14.1. The minimum Gasteiger partial charge on any atom is -0.483 e. The number of hydrogen-bond donors (Lipinski definition) is 1. The maximum Gasteiger partial charge on any atom is 0.341 e. The van der Waals surface area contributed by atoms with E-state index < -0.39 is 5.97 Å². The molecule has 8 nitrogen and oxygen atoms in total. The van der Waals surface area contributed by atoms with E-state index in [1.54, 1.807) is 0 Å². The number of nitrogens with zero attached hydrogens (tertiary/aromatic N) is 3. The van der Waals surface area contributed by atoms with Crippen molar-refractivity contribution in [1.82, 2.24) is 14.8 Å². The van der Waals surface area contributed by atoms with Gasteiger partial charge in [-0.05, 0) is 50.3 Å². The highest BCUT2D eigenvalue weighted by molar-refractivity contribution is 7.99. The number of anilines is 1. The van der Waals surface area contributed by atoms with Crippen LogP contribution in [0.4, 0.5) is 5.00 Å². The predicted octanol–water partition coefficient (Wildman–Crippen LogP) is 4.80. The smallest absolute Gasteiger partial charge is 0.341 e. The highest BCUT2D eigenvalue weighted by Gasteiger charge is 2.26. The summed E-state index contributed by atoms with van der Waals surface area (Å²) in [5.74, 6) is 0.963. The van der Waals surface area contributed by atoms with Gasteiger partial charge in [0.15, 0.2) is 17.1 Å². The average Bonchev–Trinajstić information content (AvgIpc) is 3.28. The highest BCUT2D eigenvalue weighted by atomic mass is 32.2. The zero-order chi connectivity index (χ0) is 24.1. The van der Waals surface area contributed by atoms with Crippen LogP contribution in [0.25, 0.3) is 0 Å². The Morgan fingerprint density at radius 3 is 2.71 bits per heavy atom. The van der Waals surface area contributed by atoms with E-state index in [-0.39, 0.29) is 17.8 Å². The second-order valence-electron chi connectivity index (χ2n) is 8.07. The van der Waals surface area contributed by atoms with Gasteiger partial charge in [0.05, 0.1) is 18.4 Å². The quantitative estimate of drug-likeness (QED) is 0.270. The molecule has 180 valence electrons. The van der Waals surface area contributed by atoms with E-state index in [0.29, 0.717) is 21.5 Å². The van der Waals surface area contributed by atoms with Crippen LogP contribution in [0.1, 0.15) is 58.9 Å². The van der Waals surface area contributed by atoms with Crippen LogP contribution in [0.3, 0.4) is 0 Å². The Kier molecular flexibility index (Phi) is 7.89. The summed E-state index contributed by atoms with van der Waals surface area (Å²) in [6.45, 7) is 1.91. The van der Waals surface area contributed by atoms with Crippen molar-refractivity contribution in [2.24, 2.45) is 7.05 Å². The molecule has 0 fully saturated rings. The number of amides is 1. The van der Waals surface area contributed by atoms with Crippen molar-refractivity contribution in [3.05, 3.63) is 52.2 Å². The fourth-order valence-corrected chi connectivity index (χ4v) is 6.01. The largest absolute Gasteiger partial charge is 0.483 e. The summed E-state index contributed by atoms with van der Waals surface area (Å²) in [7, 11) is 3.23. The maximum atomic E-state index is 12.8. The number of methoxy groups -OCH3 is 1. The monoisotopic (exact) mass is 500 g/mol. The molecule has 0 saturated heterocycles.